The molecular formula is C11H17N3O2. The first-order valence-corrected chi connectivity index (χ1v) is 5.47. The van der Waals surface area contributed by atoms with E-state index >= 15 is 0 Å². The molecule has 1 rings (SSSR count). The van der Waals surface area contributed by atoms with Crippen LogP contribution in [0.1, 0.15) is 44.8 Å². The van der Waals surface area contributed by atoms with Gasteiger partial charge in [0.1, 0.15) is 5.60 Å². The number of rotatable bonds is 6. The molecule has 0 unspecified atom stereocenters. The second-order valence-corrected chi connectivity index (χ2v) is 3.58. The quantitative estimate of drug-likeness (QED) is 0.739. The molecule has 0 aliphatic heterocycles. The molecule has 1 aromatic heterocycles. The van der Waals surface area contributed by atoms with Gasteiger partial charge in [0.2, 0.25) is 11.7 Å². The minimum atomic E-state index is -0.464. The van der Waals surface area contributed by atoms with Crippen LogP contribution in [0.3, 0.4) is 0 Å². The number of nitrogens with zero attached hydrogens (tertiary/aromatic N) is 3. The van der Waals surface area contributed by atoms with Gasteiger partial charge in [-0.25, -0.2) is 0 Å². The number of aryl methyl sites for hydroxylation is 1. The molecule has 16 heavy (non-hydrogen) atoms. The van der Waals surface area contributed by atoms with Crippen LogP contribution in [-0.4, -0.2) is 17.3 Å². The van der Waals surface area contributed by atoms with Crippen molar-refractivity contribution < 1.29 is 9.26 Å². The van der Waals surface area contributed by atoms with E-state index in [1.54, 1.807) is 7.11 Å². The molecule has 0 atom stereocenters. The number of nitriles is 1. The smallest absolute Gasteiger partial charge is 0.227 e. The molecular weight excluding hydrogens is 206 g/mol. The molecule has 0 N–H and O–H groups in total. The first-order chi connectivity index (χ1) is 7.72. The standard InChI is InChI=1S/C11H17N3O2/c1-4-11(5-2,15-3)10-13-9(16-14-10)7-6-8-12/h4-7H2,1-3H3. The van der Waals surface area contributed by atoms with Crippen LogP contribution in [0.4, 0.5) is 0 Å². The zero-order chi connectivity index (χ0) is 12.0. The van der Waals surface area contributed by atoms with Crippen molar-refractivity contribution in [2.24, 2.45) is 0 Å². The molecule has 0 amide bonds. The molecule has 0 aliphatic rings. The van der Waals surface area contributed by atoms with E-state index in [-0.39, 0.29) is 0 Å². The van der Waals surface area contributed by atoms with Crippen LogP contribution in [0.15, 0.2) is 4.52 Å². The van der Waals surface area contributed by atoms with Gasteiger partial charge in [0, 0.05) is 20.0 Å². The molecule has 0 aliphatic carbocycles. The number of methoxy groups -OCH3 is 1. The fourth-order valence-electron chi connectivity index (χ4n) is 1.65. The van der Waals surface area contributed by atoms with E-state index in [1.807, 2.05) is 19.9 Å². The fourth-order valence-corrected chi connectivity index (χ4v) is 1.65. The number of aromatic nitrogens is 2. The largest absolute Gasteiger partial charge is 0.370 e. The summed E-state index contributed by atoms with van der Waals surface area (Å²) >= 11 is 0. The van der Waals surface area contributed by atoms with Crippen molar-refractivity contribution in [1.82, 2.24) is 10.1 Å². The summed E-state index contributed by atoms with van der Waals surface area (Å²) in [6.07, 6.45) is 2.46. The summed E-state index contributed by atoms with van der Waals surface area (Å²) in [6.45, 7) is 4.05. The normalized spacial score (nSPS) is 11.4. The molecule has 1 heterocycles. The number of ether oxygens (including phenoxy) is 1. The van der Waals surface area contributed by atoms with Crippen LogP contribution in [0.25, 0.3) is 0 Å². The molecule has 1 aromatic rings. The van der Waals surface area contributed by atoms with Crippen molar-refractivity contribution in [3.05, 3.63) is 11.7 Å². The van der Waals surface area contributed by atoms with Gasteiger partial charge >= 0.3 is 0 Å². The molecule has 0 radical (unpaired) electrons. The Morgan fingerprint density at radius 3 is 2.62 bits per heavy atom. The second kappa shape index (κ2) is 5.61. The molecule has 5 heteroatoms. The highest BCUT2D eigenvalue weighted by Gasteiger charge is 2.33. The van der Waals surface area contributed by atoms with Gasteiger partial charge in [-0.05, 0) is 12.8 Å². The lowest BCUT2D eigenvalue weighted by atomic mass is 9.96. The Balaban J connectivity index is 2.86. The van der Waals surface area contributed by atoms with E-state index < -0.39 is 5.60 Å². The van der Waals surface area contributed by atoms with E-state index in [0.717, 1.165) is 12.8 Å². The predicted octanol–water partition coefficient (Wildman–Crippen LogP) is 2.19. The maximum Gasteiger partial charge on any atom is 0.227 e. The Bertz CT molecular complexity index is 355. The van der Waals surface area contributed by atoms with Gasteiger partial charge in [-0.15, -0.1) is 0 Å². The lowest BCUT2D eigenvalue weighted by Crippen LogP contribution is -2.28. The number of hydrogen-bond acceptors (Lipinski definition) is 5. The lowest BCUT2D eigenvalue weighted by molar-refractivity contribution is -0.0306. The van der Waals surface area contributed by atoms with Crippen LogP contribution in [0.5, 0.6) is 0 Å². The molecule has 88 valence electrons. The Morgan fingerprint density at radius 1 is 1.44 bits per heavy atom. The van der Waals surface area contributed by atoms with E-state index in [4.69, 9.17) is 14.5 Å². The van der Waals surface area contributed by atoms with Gasteiger partial charge in [-0.3, -0.25) is 0 Å². The van der Waals surface area contributed by atoms with Crippen molar-refractivity contribution >= 4 is 0 Å². The summed E-state index contributed by atoms with van der Waals surface area (Å²) in [5.74, 6) is 1.08. The summed E-state index contributed by atoms with van der Waals surface area (Å²) in [6, 6.07) is 2.05. The Kier molecular flexibility index (Phi) is 4.44. The van der Waals surface area contributed by atoms with Gasteiger partial charge in [0.15, 0.2) is 0 Å². The van der Waals surface area contributed by atoms with Crippen molar-refractivity contribution in [1.29, 1.82) is 5.26 Å². The van der Waals surface area contributed by atoms with E-state index in [2.05, 4.69) is 10.1 Å². The SMILES string of the molecule is CCC(CC)(OC)c1noc(CCC#N)n1. The Morgan fingerprint density at radius 2 is 2.12 bits per heavy atom. The van der Waals surface area contributed by atoms with E-state index in [9.17, 15) is 0 Å². The average molecular weight is 223 g/mol. The molecule has 0 aromatic carbocycles. The second-order valence-electron chi connectivity index (χ2n) is 3.58. The molecule has 0 saturated heterocycles. The van der Waals surface area contributed by atoms with Crippen molar-refractivity contribution in [3.8, 4) is 6.07 Å². The van der Waals surface area contributed by atoms with Crippen LogP contribution in [0.2, 0.25) is 0 Å². The third-order valence-corrected chi connectivity index (χ3v) is 2.86. The summed E-state index contributed by atoms with van der Waals surface area (Å²) < 4.78 is 10.6. The minimum absolute atomic E-state index is 0.389. The minimum Gasteiger partial charge on any atom is -0.370 e. The van der Waals surface area contributed by atoms with E-state index in [0.29, 0.717) is 24.6 Å². The molecule has 5 nitrogen and oxygen atoms in total. The first-order valence-electron chi connectivity index (χ1n) is 5.47. The summed E-state index contributed by atoms with van der Waals surface area (Å²) in [5.41, 5.74) is -0.464. The highest BCUT2D eigenvalue weighted by molar-refractivity contribution is 5.01. The highest BCUT2D eigenvalue weighted by Crippen LogP contribution is 2.29. The number of hydrogen-bond donors (Lipinski definition) is 0. The average Bonchev–Trinajstić information content (AvgIpc) is 2.79. The molecule has 0 bridgehead atoms. The maximum atomic E-state index is 8.47. The first kappa shape index (κ1) is 12.7. The van der Waals surface area contributed by atoms with Crippen molar-refractivity contribution in [2.45, 2.75) is 45.1 Å². The van der Waals surface area contributed by atoms with Gasteiger partial charge in [-0.2, -0.15) is 10.2 Å². The van der Waals surface area contributed by atoms with Crippen LogP contribution >= 0.6 is 0 Å². The van der Waals surface area contributed by atoms with Crippen LogP contribution < -0.4 is 0 Å². The van der Waals surface area contributed by atoms with Gasteiger partial charge in [0.25, 0.3) is 0 Å². The van der Waals surface area contributed by atoms with Crippen molar-refractivity contribution in [2.75, 3.05) is 7.11 Å². The van der Waals surface area contributed by atoms with Gasteiger partial charge in [0.05, 0.1) is 6.07 Å². The Labute approximate surface area is 95.4 Å². The molecule has 0 fully saturated rings. The molecule has 0 saturated carbocycles. The van der Waals surface area contributed by atoms with Gasteiger partial charge < -0.3 is 9.26 Å². The van der Waals surface area contributed by atoms with Gasteiger partial charge in [-0.1, -0.05) is 19.0 Å². The zero-order valence-electron chi connectivity index (χ0n) is 9.99. The summed E-state index contributed by atoms with van der Waals surface area (Å²) in [7, 11) is 1.65. The summed E-state index contributed by atoms with van der Waals surface area (Å²) in [5, 5.41) is 12.4. The van der Waals surface area contributed by atoms with Crippen molar-refractivity contribution in [3.63, 3.8) is 0 Å². The molecule has 0 spiro atoms. The predicted molar refractivity (Wildman–Crippen MR) is 57.5 cm³/mol. The maximum absolute atomic E-state index is 8.47. The third kappa shape index (κ3) is 2.39. The highest BCUT2D eigenvalue weighted by atomic mass is 16.5. The van der Waals surface area contributed by atoms with Crippen LogP contribution in [-0.2, 0) is 16.8 Å². The topological polar surface area (TPSA) is 71.9 Å². The monoisotopic (exact) mass is 223 g/mol. The Hall–Kier alpha value is -1.41. The lowest BCUT2D eigenvalue weighted by Gasteiger charge is -2.25. The fraction of sp³-hybridized carbons (Fsp3) is 0.727. The summed E-state index contributed by atoms with van der Waals surface area (Å²) in [4.78, 5) is 4.28. The van der Waals surface area contributed by atoms with E-state index in [1.165, 1.54) is 0 Å². The van der Waals surface area contributed by atoms with Crippen LogP contribution in [0, 0.1) is 11.3 Å². The third-order valence-electron chi connectivity index (χ3n) is 2.86. The zero-order valence-corrected chi connectivity index (χ0v) is 9.99.